The molecule has 0 saturated heterocycles. The van der Waals surface area contributed by atoms with E-state index in [0.29, 0.717) is 5.71 Å². The number of nitrogens with zero attached hydrogens (tertiary/aromatic N) is 4. The highest BCUT2D eigenvalue weighted by molar-refractivity contribution is 8.07. The van der Waals surface area contributed by atoms with E-state index >= 15 is 0 Å². The lowest BCUT2D eigenvalue weighted by molar-refractivity contribution is -0.137. The summed E-state index contributed by atoms with van der Waals surface area (Å²) >= 11 is 5.36. The second-order valence-corrected chi connectivity index (χ2v) is 8.90. The van der Waals surface area contributed by atoms with Crippen molar-refractivity contribution in [3.05, 3.63) is 78.4 Å². The zero-order chi connectivity index (χ0) is 22.3. The molecule has 0 aliphatic rings. The van der Waals surface area contributed by atoms with Crippen molar-refractivity contribution in [2.45, 2.75) is 19.6 Å². The smallest absolute Gasteiger partial charge is 0.415 e. The van der Waals surface area contributed by atoms with Crippen molar-refractivity contribution in [1.82, 2.24) is 14.8 Å². The second-order valence-electron chi connectivity index (χ2n) is 6.06. The van der Waals surface area contributed by atoms with Gasteiger partial charge < -0.3 is 9.15 Å². The van der Waals surface area contributed by atoms with Crippen LogP contribution in [-0.2, 0) is 33.7 Å². The summed E-state index contributed by atoms with van der Waals surface area (Å²) < 4.78 is 57.0. The molecule has 3 aromatic rings. The normalized spacial score (nSPS) is 14.1. The van der Waals surface area contributed by atoms with Crippen LogP contribution >= 0.6 is 6.72 Å². The number of hydrogen-bond acceptors (Lipinski definition) is 7. The van der Waals surface area contributed by atoms with Gasteiger partial charge in [0.2, 0.25) is 0 Å². The highest BCUT2D eigenvalue weighted by Gasteiger charge is 2.32. The first kappa shape index (κ1) is 22.9. The van der Waals surface area contributed by atoms with E-state index in [0.717, 1.165) is 17.7 Å². The Morgan fingerprint density at radius 2 is 1.94 bits per heavy atom. The zero-order valence-corrected chi connectivity index (χ0v) is 18.0. The van der Waals surface area contributed by atoms with Crippen molar-refractivity contribution < 1.29 is 26.8 Å². The number of hydrogen-bond donors (Lipinski definition) is 0. The first-order valence-electron chi connectivity index (χ1n) is 9.04. The highest BCUT2D eigenvalue weighted by atomic mass is 32.5. The standard InChI is InChI=1S/C19H18F3N4O3PS/c1-2-27-30(31,28-17-10-6-9-16(11-17)19(20,21)22)29-25-18(12-26-14-23-13-24-26)15-7-4-3-5-8-15/h3-11,13-14H,2,12H2,1H3/b25-18+. The summed E-state index contributed by atoms with van der Waals surface area (Å²) in [5, 5.41) is 8.17. The minimum Gasteiger partial charge on any atom is -0.415 e. The number of halogens is 3. The number of alkyl halides is 3. The van der Waals surface area contributed by atoms with Gasteiger partial charge >= 0.3 is 12.9 Å². The molecule has 0 N–H and O–H groups in total. The van der Waals surface area contributed by atoms with Crippen molar-refractivity contribution in [2.24, 2.45) is 5.16 Å². The fourth-order valence-electron chi connectivity index (χ4n) is 2.45. The summed E-state index contributed by atoms with van der Waals surface area (Å²) in [6.07, 6.45) is -1.63. The van der Waals surface area contributed by atoms with Crippen molar-refractivity contribution >= 4 is 24.2 Å². The number of rotatable bonds is 9. The molecule has 0 fully saturated rings. The van der Waals surface area contributed by atoms with E-state index in [-0.39, 0.29) is 18.9 Å². The summed E-state index contributed by atoms with van der Waals surface area (Å²) in [6, 6.07) is 13.5. The summed E-state index contributed by atoms with van der Waals surface area (Å²) in [5.41, 5.74) is 0.311. The van der Waals surface area contributed by atoms with Crippen LogP contribution < -0.4 is 4.52 Å². The Bertz CT molecular complexity index is 1060. The van der Waals surface area contributed by atoms with E-state index in [1.54, 1.807) is 6.92 Å². The average Bonchev–Trinajstić information content (AvgIpc) is 3.25. The maximum Gasteiger partial charge on any atom is 0.455 e. The Labute approximate surface area is 181 Å². The molecular weight excluding hydrogens is 452 g/mol. The van der Waals surface area contributed by atoms with Crippen LogP contribution in [0.3, 0.4) is 0 Å². The summed E-state index contributed by atoms with van der Waals surface area (Å²) in [4.78, 5) is 3.89. The van der Waals surface area contributed by atoms with E-state index in [9.17, 15) is 13.2 Å². The highest BCUT2D eigenvalue weighted by Crippen LogP contribution is 2.50. The molecule has 1 heterocycles. The molecule has 7 nitrogen and oxygen atoms in total. The molecule has 1 atom stereocenters. The minimum absolute atomic E-state index is 0.121. The third-order valence-corrected chi connectivity index (χ3v) is 5.83. The predicted molar refractivity (Wildman–Crippen MR) is 112 cm³/mol. The molecule has 0 aliphatic heterocycles. The Morgan fingerprint density at radius 3 is 2.58 bits per heavy atom. The van der Waals surface area contributed by atoms with Crippen molar-refractivity contribution in [3.8, 4) is 5.75 Å². The van der Waals surface area contributed by atoms with Gasteiger partial charge in [0.25, 0.3) is 0 Å². The van der Waals surface area contributed by atoms with E-state index in [1.807, 2.05) is 30.3 Å². The van der Waals surface area contributed by atoms with Gasteiger partial charge in [-0.25, -0.2) is 9.67 Å². The fraction of sp³-hybridized carbons (Fsp3) is 0.211. The van der Waals surface area contributed by atoms with Gasteiger partial charge in [0.05, 0.1) is 18.7 Å². The van der Waals surface area contributed by atoms with Crippen LogP contribution in [0.1, 0.15) is 18.1 Å². The van der Waals surface area contributed by atoms with Gasteiger partial charge in [0.1, 0.15) is 24.1 Å². The lowest BCUT2D eigenvalue weighted by Gasteiger charge is -2.20. The van der Waals surface area contributed by atoms with Crippen LogP contribution in [0.25, 0.3) is 0 Å². The van der Waals surface area contributed by atoms with E-state index in [4.69, 9.17) is 25.5 Å². The van der Waals surface area contributed by atoms with Gasteiger partial charge in [0, 0.05) is 17.4 Å². The Morgan fingerprint density at radius 1 is 1.16 bits per heavy atom. The molecule has 1 unspecified atom stereocenters. The fourth-order valence-corrected chi connectivity index (χ4v) is 4.15. The quantitative estimate of drug-likeness (QED) is 0.247. The molecular formula is C19H18F3N4O3PS. The van der Waals surface area contributed by atoms with E-state index in [1.165, 1.54) is 29.5 Å². The predicted octanol–water partition coefficient (Wildman–Crippen LogP) is 5.06. The van der Waals surface area contributed by atoms with Crippen LogP contribution in [0.15, 0.2) is 72.4 Å². The molecule has 0 amide bonds. The zero-order valence-electron chi connectivity index (χ0n) is 16.3. The molecule has 1 aromatic heterocycles. The maximum atomic E-state index is 13.0. The van der Waals surface area contributed by atoms with Crippen LogP contribution in [0.2, 0.25) is 0 Å². The summed E-state index contributed by atoms with van der Waals surface area (Å²) in [6.45, 7) is -1.54. The maximum absolute atomic E-state index is 13.0. The van der Waals surface area contributed by atoms with Crippen LogP contribution in [0, 0.1) is 0 Å². The summed E-state index contributed by atoms with van der Waals surface area (Å²) in [5.74, 6) is -0.126. The average molecular weight is 470 g/mol. The van der Waals surface area contributed by atoms with E-state index in [2.05, 4.69) is 15.2 Å². The Hall–Kier alpha value is -2.75. The second kappa shape index (κ2) is 10.0. The van der Waals surface area contributed by atoms with Crippen LogP contribution in [0.5, 0.6) is 5.75 Å². The Balaban J connectivity index is 1.87. The van der Waals surface area contributed by atoms with Gasteiger partial charge in [-0.3, -0.25) is 4.52 Å². The topological polar surface area (TPSA) is 70.8 Å². The van der Waals surface area contributed by atoms with Crippen molar-refractivity contribution in [2.75, 3.05) is 6.61 Å². The molecule has 0 radical (unpaired) electrons. The third-order valence-electron chi connectivity index (χ3n) is 3.80. The third kappa shape index (κ3) is 6.61. The van der Waals surface area contributed by atoms with Crippen LogP contribution in [-0.4, -0.2) is 27.1 Å². The molecule has 0 spiro atoms. The summed E-state index contributed by atoms with van der Waals surface area (Å²) in [7, 11) is 0. The molecule has 164 valence electrons. The van der Waals surface area contributed by atoms with E-state index < -0.39 is 18.5 Å². The molecule has 0 aliphatic carbocycles. The number of benzene rings is 2. The molecule has 12 heteroatoms. The van der Waals surface area contributed by atoms with Crippen molar-refractivity contribution in [1.29, 1.82) is 0 Å². The number of oxime groups is 1. The SMILES string of the molecule is CCOP(=S)(O/N=C(\Cn1cncn1)c1ccccc1)Oc1cccc(C(F)(F)F)c1. The first-order chi connectivity index (χ1) is 14.8. The Kier molecular flexibility index (Phi) is 7.42. The first-order valence-corrected chi connectivity index (χ1v) is 11.6. The minimum atomic E-state index is -4.52. The van der Waals surface area contributed by atoms with Crippen LogP contribution in [0.4, 0.5) is 13.2 Å². The largest absolute Gasteiger partial charge is 0.455 e. The van der Waals surface area contributed by atoms with Gasteiger partial charge in [0.15, 0.2) is 0 Å². The molecule has 2 aromatic carbocycles. The van der Waals surface area contributed by atoms with Gasteiger partial charge in [-0.15, -0.1) is 0 Å². The van der Waals surface area contributed by atoms with Crippen molar-refractivity contribution in [3.63, 3.8) is 0 Å². The monoisotopic (exact) mass is 470 g/mol. The van der Waals surface area contributed by atoms with Gasteiger partial charge in [-0.2, -0.15) is 18.3 Å². The van der Waals surface area contributed by atoms with Gasteiger partial charge in [-0.05, 0) is 25.1 Å². The molecule has 3 rings (SSSR count). The molecule has 0 bridgehead atoms. The van der Waals surface area contributed by atoms with Gasteiger partial charge in [-0.1, -0.05) is 41.6 Å². The lowest BCUT2D eigenvalue weighted by Crippen LogP contribution is -2.13. The number of aromatic nitrogens is 3. The lowest BCUT2D eigenvalue weighted by atomic mass is 10.1. The molecule has 0 saturated carbocycles. The molecule has 31 heavy (non-hydrogen) atoms.